The van der Waals surface area contributed by atoms with Gasteiger partial charge in [0, 0.05) is 34.3 Å². The van der Waals surface area contributed by atoms with E-state index in [2.05, 4.69) is 25.9 Å². The number of hydrogen-bond acceptors (Lipinski definition) is 7. The van der Waals surface area contributed by atoms with Gasteiger partial charge in [-0.1, -0.05) is 0 Å². The van der Waals surface area contributed by atoms with Crippen molar-refractivity contribution in [1.29, 1.82) is 0 Å². The largest absolute Gasteiger partial charge is 0.487 e. The lowest BCUT2D eigenvalue weighted by Crippen LogP contribution is -2.51. The van der Waals surface area contributed by atoms with Crippen LogP contribution >= 0.6 is 0 Å². The summed E-state index contributed by atoms with van der Waals surface area (Å²) in [6, 6.07) is 8.39. The summed E-state index contributed by atoms with van der Waals surface area (Å²) in [5.41, 5.74) is -3.25. The number of aliphatic hydroxyl groups is 1. The number of nitrogens with two attached hydrogens (primary N) is 1. The number of alkyl halides is 4. The number of nitrogens with one attached hydrogen (secondary N) is 3. The molecule has 0 spiro atoms. The number of rotatable bonds is 8. The number of carbonyl (C=O) groups is 3. The molecule has 0 radical (unpaired) electrons. The van der Waals surface area contributed by atoms with Crippen molar-refractivity contribution >= 4 is 34.4 Å². The fraction of sp³-hybridized carbons (Fsp3) is 0.281. The first-order valence-electron chi connectivity index (χ1n) is 14.6. The third-order valence-corrected chi connectivity index (χ3v) is 8.06. The van der Waals surface area contributed by atoms with Gasteiger partial charge in [0.2, 0.25) is 5.60 Å². The molecule has 6 rings (SSSR count). The number of ether oxygens (including phenoxy) is 1. The lowest BCUT2D eigenvalue weighted by molar-refractivity contribution is -0.265. The molecule has 16 heteroatoms. The van der Waals surface area contributed by atoms with Crippen LogP contribution in [0.2, 0.25) is 0 Å². The highest BCUT2D eigenvalue weighted by Crippen LogP contribution is 2.48. The van der Waals surface area contributed by atoms with Crippen molar-refractivity contribution in [3.8, 4) is 17.0 Å². The number of anilines is 1. The molecule has 6 N–H and O–H groups in total. The van der Waals surface area contributed by atoms with E-state index in [9.17, 15) is 37.1 Å². The Morgan fingerprint density at radius 2 is 1.81 bits per heavy atom. The van der Waals surface area contributed by atoms with Crippen LogP contribution in [0, 0.1) is 12.7 Å². The molecule has 0 unspecified atom stereocenters. The van der Waals surface area contributed by atoms with E-state index in [1.807, 2.05) is 0 Å². The van der Waals surface area contributed by atoms with Crippen LogP contribution in [-0.4, -0.2) is 58.3 Å². The molecule has 3 heterocycles. The summed E-state index contributed by atoms with van der Waals surface area (Å²) in [4.78, 5) is 46.2. The van der Waals surface area contributed by atoms with Crippen LogP contribution in [0.1, 0.15) is 40.0 Å². The number of fused-ring (bicyclic) bond motifs is 2. The van der Waals surface area contributed by atoms with Gasteiger partial charge in [-0.2, -0.15) is 13.2 Å². The Kier molecular flexibility index (Phi) is 7.93. The van der Waals surface area contributed by atoms with Crippen LogP contribution in [0.4, 0.5) is 32.4 Å². The van der Waals surface area contributed by atoms with Crippen LogP contribution in [0.15, 0.2) is 54.7 Å². The summed E-state index contributed by atoms with van der Waals surface area (Å²) in [6.45, 7) is -0.770. The molecule has 0 saturated heterocycles. The minimum atomic E-state index is -5.52. The minimum Gasteiger partial charge on any atom is -0.487 e. The summed E-state index contributed by atoms with van der Waals surface area (Å²) in [7, 11) is 0. The summed E-state index contributed by atoms with van der Waals surface area (Å²) in [6.07, 6.45) is -2.37. The second-order valence-corrected chi connectivity index (χ2v) is 11.7. The average Bonchev–Trinajstić information content (AvgIpc) is 3.78. The second-order valence-electron chi connectivity index (χ2n) is 11.7. The fourth-order valence-electron chi connectivity index (χ4n) is 5.25. The number of nitrogens with zero attached hydrogens (tertiary/aromatic N) is 2. The number of carbonyl (C=O) groups excluding carboxylic acids is 3. The molecular weight excluding hydrogens is 643 g/mol. The van der Waals surface area contributed by atoms with Crippen LogP contribution in [0.5, 0.6) is 5.75 Å². The normalized spacial score (nSPS) is 18.4. The van der Waals surface area contributed by atoms with E-state index in [0.29, 0.717) is 22.5 Å². The number of amides is 4. The molecular formula is C32H27F5N6O5. The monoisotopic (exact) mass is 670 g/mol. The van der Waals surface area contributed by atoms with Crippen LogP contribution in [0.3, 0.4) is 0 Å². The van der Waals surface area contributed by atoms with Crippen molar-refractivity contribution in [2.24, 2.45) is 5.73 Å². The summed E-state index contributed by atoms with van der Waals surface area (Å²) in [5.74, 6) is -3.76. The van der Waals surface area contributed by atoms with Gasteiger partial charge in [0.1, 0.15) is 18.1 Å². The molecule has 250 valence electrons. The number of benzene rings is 2. The predicted octanol–water partition coefficient (Wildman–Crippen LogP) is 4.25. The van der Waals surface area contributed by atoms with Gasteiger partial charge < -0.3 is 31.5 Å². The molecule has 2 aliphatic rings. The van der Waals surface area contributed by atoms with Crippen LogP contribution < -0.4 is 26.4 Å². The van der Waals surface area contributed by atoms with Gasteiger partial charge in [0.25, 0.3) is 17.5 Å². The number of halogens is 5. The number of aromatic nitrogens is 2. The van der Waals surface area contributed by atoms with Gasteiger partial charge in [-0.05, 0) is 73.9 Å². The standard InChI is InChI=1S/C32H27F5N6O5/c1-15-8-17-9-18(10-22(24(17)39-12-15)42-29(46)41-20-6-7-20)27(44)40-13-31(47,32(35,36)37)23-11-21-26(48-14-30(21,34)28(38)45)25(43-23)16-2-4-19(33)5-3-16/h2-5,8-12,20,47H,6-7,13-14H2,1H3,(H2,38,45)(H,40,44)(H2,41,42,46)/t30-,31+/m1/s1. The van der Waals surface area contributed by atoms with E-state index >= 15 is 4.39 Å². The van der Waals surface area contributed by atoms with Crippen molar-refractivity contribution in [1.82, 2.24) is 20.6 Å². The van der Waals surface area contributed by atoms with Gasteiger partial charge in [-0.25, -0.2) is 18.6 Å². The maximum Gasteiger partial charge on any atom is 0.424 e. The highest BCUT2D eigenvalue weighted by molar-refractivity contribution is 6.05. The molecule has 1 fully saturated rings. The number of urea groups is 1. The van der Waals surface area contributed by atoms with E-state index in [4.69, 9.17) is 10.5 Å². The molecule has 48 heavy (non-hydrogen) atoms. The third kappa shape index (κ3) is 5.94. The summed E-state index contributed by atoms with van der Waals surface area (Å²) in [5, 5.41) is 19.0. The fourth-order valence-corrected chi connectivity index (χ4v) is 5.25. The highest BCUT2D eigenvalue weighted by atomic mass is 19.4. The van der Waals surface area contributed by atoms with Gasteiger partial charge in [0.05, 0.1) is 23.4 Å². The van der Waals surface area contributed by atoms with Gasteiger partial charge >= 0.3 is 12.2 Å². The molecule has 1 saturated carbocycles. The Balaban J connectivity index is 1.38. The molecule has 4 amide bonds. The molecule has 2 atom stereocenters. The lowest BCUT2D eigenvalue weighted by atomic mass is 9.90. The Hall–Kier alpha value is -5.38. The zero-order valence-corrected chi connectivity index (χ0v) is 25.0. The number of aryl methyl sites for hydroxylation is 1. The Morgan fingerprint density at radius 1 is 1.10 bits per heavy atom. The molecule has 11 nitrogen and oxygen atoms in total. The second kappa shape index (κ2) is 11.7. The quantitative estimate of drug-likeness (QED) is 0.175. The first-order chi connectivity index (χ1) is 22.6. The van der Waals surface area contributed by atoms with Crippen LogP contribution in [0.25, 0.3) is 22.2 Å². The van der Waals surface area contributed by atoms with Gasteiger partial charge in [0.15, 0.2) is 5.75 Å². The average molecular weight is 671 g/mol. The SMILES string of the molecule is Cc1cnc2c(NC(=O)NC3CC3)cc(C(=O)NC[C@](O)(c3cc4c(c(-c5ccc(F)cc5)n3)OC[C@]4(F)C(N)=O)C(F)(F)F)cc2c1. The zero-order valence-electron chi connectivity index (χ0n) is 25.0. The topological polar surface area (TPSA) is 169 Å². The molecule has 1 aliphatic carbocycles. The number of hydrogen-bond donors (Lipinski definition) is 5. The van der Waals surface area contributed by atoms with E-state index in [-0.39, 0.29) is 22.9 Å². The first kappa shape index (κ1) is 32.6. The maximum atomic E-state index is 15.8. The van der Waals surface area contributed by atoms with E-state index < -0.39 is 77.0 Å². The smallest absolute Gasteiger partial charge is 0.424 e. The molecule has 4 aromatic rings. The zero-order chi connectivity index (χ0) is 34.6. The summed E-state index contributed by atoms with van der Waals surface area (Å²) >= 11 is 0. The molecule has 1 aliphatic heterocycles. The van der Waals surface area contributed by atoms with Crippen molar-refractivity contribution < 1.29 is 46.2 Å². The van der Waals surface area contributed by atoms with Gasteiger partial charge in [-0.15, -0.1) is 0 Å². The Bertz CT molecular complexity index is 1970. The van der Waals surface area contributed by atoms with E-state index in [1.54, 1.807) is 13.0 Å². The lowest BCUT2D eigenvalue weighted by Gasteiger charge is -2.31. The van der Waals surface area contributed by atoms with Crippen LogP contribution in [-0.2, 0) is 16.1 Å². The first-order valence-corrected chi connectivity index (χ1v) is 14.6. The van der Waals surface area contributed by atoms with Crippen molar-refractivity contribution in [3.05, 3.63) is 82.9 Å². The van der Waals surface area contributed by atoms with Crippen molar-refractivity contribution in [2.75, 3.05) is 18.5 Å². The van der Waals surface area contributed by atoms with Crippen molar-refractivity contribution in [3.63, 3.8) is 0 Å². The minimum absolute atomic E-state index is 0.00600. The predicted molar refractivity (Wildman–Crippen MR) is 161 cm³/mol. The summed E-state index contributed by atoms with van der Waals surface area (Å²) < 4.78 is 78.9. The Labute approximate surface area is 268 Å². The molecule has 0 bridgehead atoms. The van der Waals surface area contributed by atoms with Gasteiger partial charge in [-0.3, -0.25) is 14.6 Å². The highest BCUT2D eigenvalue weighted by Gasteiger charge is 2.58. The Morgan fingerprint density at radius 3 is 2.46 bits per heavy atom. The number of primary amides is 1. The van der Waals surface area contributed by atoms with Crippen molar-refractivity contribution in [2.45, 2.75) is 43.3 Å². The molecule has 2 aromatic heterocycles. The maximum absolute atomic E-state index is 15.8. The number of pyridine rings is 2. The van der Waals surface area contributed by atoms with E-state index in [1.165, 1.54) is 18.3 Å². The molecule has 2 aromatic carbocycles. The van der Waals surface area contributed by atoms with E-state index in [0.717, 1.165) is 37.1 Å². The third-order valence-electron chi connectivity index (χ3n) is 8.06.